The lowest BCUT2D eigenvalue weighted by atomic mass is 9.80. The van der Waals surface area contributed by atoms with Gasteiger partial charge in [0.25, 0.3) is 11.8 Å². The van der Waals surface area contributed by atoms with E-state index in [0.29, 0.717) is 28.3 Å². The fourth-order valence-electron chi connectivity index (χ4n) is 5.28. The Morgan fingerprint density at radius 3 is 2.42 bits per heavy atom. The molecule has 43 heavy (non-hydrogen) atoms. The summed E-state index contributed by atoms with van der Waals surface area (Å²) in [5.41, 5.74) is 0.892. The molecule has 0 saturated carbocycles. The number of para-hydroxylation sites is 1. The summed E-state index contributed by atoms with van der Waals surface area (Å²) in [6.45, 7) is 2.08. The molecule has 0 saturated heterocycles. The topological polar surface area (TPSA) is 103 Å². The van der Waals surface area contributed by atoms with Gasteiger partial charge in [-0.2, -0.15) is 23.5 Å². The van der Waals surface area contributed by atoms with E-state index >= 15 is 0 Å². The summed E-state index contributed by atoms with van der Waals surface area (Å²) in [6, 6.07) is 19.2. The molecule has 12 heteroatoms. The Balaban J connectivity index is 1.69. The molecule has 0 unspecified atom stereocenters. The monoisotopic (exact) mass is 590 g/mol. The van der Waals surface area contributed by atoms with Gasteiger partial charge in [0.1, 0.15) is 17.7 Å². The van der Waals surface area contributed by atoms with Gasteiger partial charge in [-0.3, -0.25) is 19.8 Å². The third-order valence-corrected chi connectivity index (χ3v) is 7.19. The molecule has 8 nitrogen and oxygen atoms in total. The first-order chi connectivity index (χ1) is 20.6. The predicted octanol–water partition coefficient (Wildman–Crippen LogP) is 4.94. The minimum Gasteiger partial charge on any atom is -0.339 e. The van der Waals surface area contributed by atoms with Gasteiger partial charge >= 0.3 is 6.18 Å². The highest BCUT2D eigenvalue weighted by molar-refractivity contribution is 6.05. The lowest BCUT2D eigenvalue weighted by Crippen LogP contribution is -2.55. The molecule has 0 spiro atoms. The number of aromatic nitrogens is 2. The molecule has 2 N–H and O–H groups in total. The van der Waals surface area contributed by atoms with Gasteiger partial charge < -0.3 is 5.32 Å². The summed E-state index contributed by atoms with van der Waals surface area (Å²) in [4.78, 5) is 29.1. The lowest BCUT2D eigenvalue weighted by molar-refractivity contribution is -0.137. The molecule has 1 aliphatic heterocycles. The third-order valence-electron chi connectivity index (χ3n) is 7.19. The van der Waals surface area contributed by atoms with Crippen LogP contribution < -0.4 is 15.5 Å². The zero-order valence-corrected chi connectivity index (χ0v) is 22.9. The Morgan fingerprint density at radius 2 is 1.77 bits per heavy atom. The summed E-state index contributed by atoms with van der Waals surface area (Å²) in [7, 11) is 0. The van der Waals surface area contributed by atoms with Crippen LogP contribution in [0, 0.1) is 17.1 Å². The second-order valence-electron chi connectivity index (χ2n) is 9.83. The van der Waals surface area contributed by atoms with Crippen molar-refractivity contribution in [2.24, 2.45) is 0 Å². The highest BCUT2D eigenvalue weighted by Gasteiger charge is 2.46. The van der Waals surface area contributed by atoms with E-state index in [2.05, 4.69) is 10.6 Å². The summed E-state index contributed by atoms with van der Waals surface area (Å²) >= 11 is 0. The number of carbonyl (C=O) groups excluding carboxylic acids is 2. The zero-order chi connectivity index (χ0) is 30.7. The van der Waals surface area contributed by atoms with Crippen LogP contribution in [0.1, 0.15) is 45.6 Å². The van der Waals surface area contributed by atoms with Crippen molar-refractivity contribution in [2.75, 3.05) is 18.0 Å². The number of rotatable bonds is 8. The van der Waals surface area contributed by atoms with Gasteiger partial charge in [-0.15, -0.1) is 0 Å². The average molecular weight is 591 g/mol. The third kappa shape index (κ3) is 5.85. The molecule has 5 rings (SSSR count). The van der Waals surface area contributed by atoms with E-state index in [0.717, 1.165) is 18.2 Å². The quantitative estimate of drug-likeness (QED) is 0.172. The highest BCUT2D eigenvalue weighted by Crippen LogP contribution is 2.43. The zero-order valence-electron chi connectivity index (χ0n) is 22.9. The van der Waals surface area contributed by atoms with E-state index in [1.165, 1.54) is 35.2 Å². The standard InChI is InChI=1S/C31H26F4N6O2/c1-2-40-29-26(24(18-37-16-15-36)39-41(29)23-9-4-3-5-10-23)25(19-11-13-22(32)14-12-19)27(30(40)43)38-28(42)20-7-6-8-21(17-20)31(33,34)35/h3-14,17,25,27,37H,2,16,18H2,1H3,(H,38,42)/t25-,27-/m1/s1. The van der Waals surface area contributed by atoms with Gasteiger partial charge in [-0.25, -0.2) is 9.07 Å². The molecule has 4 aromatic rings. The van der Waals surface area contributed by atoms with Crippen LogP contribution in [0.15, 0.2) is 78.9 Å². The maximum Gasteiger partial charge on any atom is 0.416 e. The number of carbonyl (C=O) groups is 2. The summed E-state index contributed by atoms with van der Waals surface area (Å²) in [5.74, 6) is -2.36. The van der Waals surface area contributed by atoms with Crippen LogP contribution in [0.4, 0.5) is 23.4 Å². The highest BCUT2D eigenvalue weighted by atomic mass is 19.4. The second-order valence-corrected chi connectivity index (χ2v) is 9.83. The molecule has 0 fully saturated rings. The maximum atomic E-state index is 14.2. The van der Waals surface area contributed by atoms with Crippen molar-refractivity contribution in [3.05, 3.63) is 113 Å². The van der Waals surface area contributed by atoms with Crippen molar-refractivity contribution in [3.8, 4) is 11.8 Å². The number of fused-ring (bicyclic) bond motifs is 1. The number of nitrogens with zero attached hydrogens (tertiary/aromatic N) is 4. The van der Waals surface area contributed by atoms with Crippen molar-refractivity contribution in [3.63, 3.8) is 0 Å². The normalized spacial score (nSPS) is 16.5. The molecule has 0 aliphatic carbocycles. The van der Waals surface area contributed by atoms with E-state index < -0.39 is 41.3 Å². The van der Waals surface area contributed by atoms with Gasteiger partial charge in [0.05, 0.1) is 29.6 Å². The van der Waals surface area contributed by atoms with E-state index in [1.807, 2.05) is 36.4 Å². The number of nitriles is 1. The maximum absolute atomic E-state index is 14.2. The number of halogens is 4. The first kappa shape index (κ1) is 29.5. The number of hydrogen-bond acceptors (Lipinski definition) is 5. The predicted molar refractivity (Wildman–Crippen MR) is 150 cm³/mol. The Morgan fingerprint density at radius 1 is 1.05 bits per heavy atom. The fraction of sp³-hybridized carbons (Fsp3) is 0.226. The largest absolute Gasteiger partial charge is 0.416 e. The van der Waals surface area contributed by atoms with E-state index in [-0.39, 0.29) is 25.2 Å². The van der Waals surface area contributed by atoms with Crippen molar-refractivity contribution in [2.45, 2.75) is 31.6 Å². The van der Waals surface area contributed by atoms with Crippen molar-refractivity contribution in [1.82, 2.24) is 20.4 Å². The Hall–Kier alpha value is -5.02. The van der Waals surface area contributed by atoms with Crippen LogP contribution in [-0.4, -0.2) is 40.7 Å². The summed E-state index contributed by atoms with van der Waals surface area (Å²) in [5, 5.41) is 19.6. The fourth-order valence-corrected chi connectivity index (χ4v) is 5.28. The van der Waals surface area contributed by atoms with Crippen molar-refractivity contribution >= 4 is 17.6 Å². The SMILES string of the molecule is CCN1C(=O)[C@H](NC(=O)c2cccc(C(F)(F)F)c2)[C@H](c2ccc(F)cc2)c2c(CNCC#N)nn(-c3ccccc3)c21. The molecule has 3 aromatic carbocycles. The molecule has 2 atom stereocenters. The summed E-state index contributed by atoms with van der Waals surface area (Å²) in [6.07, 6.45) is -4.67. The average Bonchev–Trinajstić information content (AvgIpc) is 3.37. The van der Waals surface area contributed by atoms with Crippen LogP contribution in [-0.2, 0) is 17.5 Å². The molecule has 2 amide bonds. The second kappa shape index (κ2) is 12.1. The van der Waals surface area contributed by atoms with Gasteiger partial charge in [0.15, 0.2) is 0 Å². The smallest absolute Gasteiger partial charge is 0.339 e. The molecule has 1 aliphatic rings. The number of amides is 2. The number of hydrogen-bond donors (Lipinski definition) is 2. The first-order valence-electron chi connectivity index (χ1n) is 13.4. The molecular formula is C31H26F4N6O2. The Labute approximate surface area is 244 Å². The first-order valence-corrected chi connectivity index (χ1v) is 13.4. The van der Waals surface area contributed by atoms with Crippen molar-refractivity contribution < 1.29 is 27.2 Å². The number of nitrogens with one attached hydrogen (secondary N) is 2. The molecule has 220 valence electrons. The number of likely N-dealkylation sites (N-methyl/N-ethyl adjacent to an activating group) is 1. The minimum absolute atomic E-state index is 0.0142. The van der Waals surface area contributed by atoms with Gasteiger partial charge in [-0.05, 0) is 55.0 Å². The lowest BCUT2D eigenvalue weighted by Gasteiger charge is -2.38. The van der Waals surface area contributed by atoms with Crippen molar-refractivity contribution in [1.29, 1.82) is 5.26 Å². The van der Waals surface area contributed by atoms with Gasteiger partial charge in [0.2, 0.25) is 0 Å². The van der Waals surface area contributed by atoms with Crippen LogP contribution in [0.2, 0.25) is 0 Å². The Kier molecular flexibility index (Phi) is 8.27. The molecule has 0 radical (unpaired) electrons. The number of benzene rings is 3. The Bertz CT molecular complexity index is 1680. The molecule has 1 aromatic heterocycles. The van der Waals surface area contributed by atoms with E-state index in [1.54, 1.807) is 11.6 Å². The van der Waals surface area contributed by atoms with Gasteiger partial charge in [0, 0.05) is 30.1 Å². The van der Waals surface area contributed by atoms with Crippen LogP contribution >= 0.6 is 0 Å². The van der Waals surface area contributed by atoms with Crippen LogP contribution in [0.5, 0.6) is 0 Å². The number of alkyl halides is 3. The summed E-state index contributed by atoms with van der Waals surface area (Å²) < 4.78 is 55.8. The van der Waals surface area contributed by atoms with E-state index in [9.17, 15) is 27.2 Å². The number of anilines is 1. The molecular weight excluding hydrogens is 564 g/mol. The van der Waals surface area contributed by atoms with Crippen LogP contribution in [0.3, 0.4) is 0 Å². The molecule has 0 bridgehead atoms. The van der Waals surface area contributed by atoms with Crippen LogP contribution in [0.25, 0.3) is 5.69 Å². The van der Waals surface area contributed by atoms with E-state index in [4.69, 9.17) is 10.4 Å². The molecule has 2 heterocycles. The van der Waals surface area contributed by atoms with Gasteiger partial charge in [-0.1, -0.05) is 36.4 Å². The minimum atomic E-state index is -4.67.